The number of hydrogen-bond donors (Lipinski definition) is 3. The van der Waals surface area contributed by atoms with Crippen molar-refractivity contribution in [2.24, 2.45) is 0 Å². The van der Waals surface area contributed by atoms with Crippen molar-refractivity contribution in [3.8, 4) is 0 Å². The van der Waals surface area contributed by atoms with Crippen LogP contribution in [-0.4, -0.2) is 81.6 Å². The van der Waals surface area contributed by atoms with Gasteiger partial charge >= 0.3 is 0 Å². The highest BCUT2D eigenvalue weighted by Crippen LogP contribution is 2.34. The van der Waals surface area contributed by atoms with Crippen LogP contribution in [0.15, 0.2) is 45.1 Å². The van der Waals surface area contributed by atoms with Gasteiger partial charge in [-0.3, -0.25) is 0 Å². The molecule has 0 amide bonds. The molecule has 0 radical (unpaired) electrons. The van der Waals surface area contributed by atoms with Gasteiger partial charge in [-0.15, -0.1) is 11.8 Å². The van der Waals surface area contributed by atoms with Gasteiger partial charge in [-0.2, -0.15) is 9.61 Å². The summed E-state index contributed by atoms with van der Waals surface area (Å²) in [5.74, 6) is 1.22. The molecular formula is C25H37N7O2S2. The largest absolute Gasteiger partial charge is 0.354 e. The first-order chi connectivity index (χ1) is 17.3. The molecule has 2 aromatic heterocycles. The highest BCUT2D eigenvalue weighted by molar-refractivity contribution is 7.99. The zero-order valence-corrected chi connectivity index (χ0v) is 23.2. The van der Waals surface area contributed by atoms with E-state index in [4.69, 9.17) is 0 Å². The summed E-state index contributed by atoms with van der Waals surface area (Å²) < 4.78 is 29.0. The van der Waals surface area contributed by atoms with Crippen molar-refractivity contribution in [3.63, 3.8) is 0 Å². The maximum atomic E-state index is 13.6. The molecule has 0 saturated carbocycles. The predicted octanol–water partition coefficient (Wildman–Crippen LogP) is 2.30. The van der Waals surface area contributed by atoms with E-state index >= 15 is 0 Å². The third-order valence-corrected chi connectivity index (χ3v) is 8.95. The van der Waals surface area contributed by atoms with Crippen LogP contribution in [0.3, 0.4) is 0 Å². The van der Waals surface area contributed by atoms with Gasteiger partial charge in [0.15, 0.2) is 10.5 Å². The lowest BCUT2D eigenvalue weighted by atomic mass is 10.0. The molecule has 2 saturated heterocycles. The van der Waals surface area contributed by atoms with E-state index in [0.29, 0.717) is 16.6 Å². The molecule has 9 nitrogen and oxygen atoms in total. The molecule has 4 heterocycles. The minimum absolute atomic E-state index is 0.187. The van der Waals surface area contributed by atoms with Gasteiger partial charge < -0.3 is 20.9 Å². The Labute approximate surface area is 218 Å². The van der Waals surface area contributed by atoms with Crippen LogP contribution < -0.4 is 20.9 Å². The van der Waals surface area contributed by atoms with E-state index in [2.05, 4.69) is 44.8 Å². The summed E-state index contributed by atoms with van der Waals surface area (Å²) in [4.78, 5) is 7.28. The molecule has 11 heteroatoms. The van der Waals surface area contributed by atoms with Crippen LogP contribution in [0.1, 0.15) is 31.0 Å². The molecular weight excluding hydrogens is 494 g/mol. The molecule has 5 rings (SSSR count). The Morgan fingerprint density at radius 1 is 0.944 bits per heavy atom. The number of rotatable bonds is 5. The van der Waals surface area contributed by atoms with Gasteiger partial charge in [-0.1, -0.05) is 26.0 Å². The molecule has 2 aliphatic rings. The molecule has 0 atom stereocenters. The Balaban J connectivity index is 0.000000445. The Morgan fingerprint density at radius 3 is 2.06 bits per heavy atom. The van der Waals surface area contributed by atoms with Gasteiger partial charge in [0.1, 0.15) is 10.8 Å². The van der Waals surface area contributed by atoms with E-state index in [-0.39, 0.29) is 9.79 Å². The Kier molecular flexibility index (Phi) is 8.89. The minimum Gasteiger partial charge on any atom is -0.354 e. The summed E-state index contributed by atoms with van der Waals surface area (Å²) in [6.07, 6.45) is 1.85. The zero-order valence-electron chi connectivity index (χ0n) is 21.5. The predicted molar refractivity (Wildman–Crippen MR) is 146 cm³/mol. The van der Waals surface area contributed by atoms with Gasteiger partial charge in [0, 0.05) is 64.1 Å². The highest BCUT2D eigenvalue weighted by Gasteiger charge is 2.30. The zero-order chi connectivity index (χ0) is 25.7. The van der Waals surface area contributed by atoms with Crippen LogP contribution >= 0.6 is 11.8 Å². The van der Waals surface area contributed by atoms with Crippen molar-refractivity contribution < 1.29 is 8.42 Å². The second-order valence-corrected chi connectivity index (χ2v) is 12.0. The van der Waals surface area contributed by atoms with Crippen LogP contribution in [0, 0.1) is 6.92 Å². The minimum atomic E-state index is -3.77. The van der Waals surface area contributed by atoms with Crippen molar-refractivity contribution in [1.82, 2.24) is 30.5 Å². The topological polar surface area (TPSA) is 104 Å². The third-order valence-electron chi connectivity index (χ3n) is 6.34. The molecule has 3 aromatic rings. The van der Waals surface area contributed by atoms with Gasteiger partial charge in [-0.05, 0) is 36.8 Å². The fraction of sp³-hybridized carbons (Fsp3) is 0.520. The van der Waals surface area contributed by atoms with E-state index in [9.17, 15) is 8.42 Å². The van der Waals surface area contributed by atoms with Crippen molar-refractivity contribution in [3.05, 3.63) is 41.6 Å². The Hall–Kier alpha value is -2.18. The fourth-order valence-electron chi connectivity index (χ4n) is 4.32. The number of fused-ring (bicyclic) bond motifs is 1. The maximum Gasteiger partial charge on any atom is 0.213 e. The van der Waals surface area contributed by atoms with Crippen molar-refractivity contribution in [1.29, 1.82) is 0 Å². The lowest BCUT2D eigenvalue weighted by molar-refractivity contribution is 0.534. The summed E-state index contributed by atoms with van der Waals surface area (Å²) in [6.45, 7) is 14.1. The average molecular weight is 532 g/mol. The summed E-state index contributed by atoms with van der Waals surface area (Å²) in [5.41, 5.74) is 2.27. The monoisotopic (exact) mass is 531 g/mol. The van der Waals surface area contributed by atoms with Crippen molar-refractivity contribution in [2.75, 3.05) is 63.5 Å². The van der Waals surface area contributed by atoms with Gasteiger partial charge in [-0.25, -0.2) is 13.4 Å². The van der Waals surface area contributed by atoms with Gasteiger partial charge in [0.25, 0.3) is 0 Å². The van der Waals surface area contributed by atoms with Crippen LogP contribution in [0.5, 0.6) is 0 Å². The number of nitrogens with zero attached hydrogens (tertiary/aromatic N) is 4. The SMILES string of the molecule is C1CNCCN1.CSc1nn2c(N3CCNCC3)cc(C)nc2c1S(=O)(=O)c1ccc(C(C)C)cc1. The van der Waals surface area contributed by atoms with E-state index in [1.165, 1.54) is 11.8 Å². The summed E-state index contributed by atoms with van der Waals surface area (Å²) in [6, 6.07) is 9.11. The summed E-state index contributed by atoms with van der Waals surface area (Å²) in [5, 5.41) is 14.9. The molecule has 3 N–H and O–H groups in total. The number of hydrogen-bond acceptors (Lipinski definition) is 9. The van der Waals surface area contributed by atoms with E-state index in [1.54, 1.807) is 16.6 Å². The number of benzene rings is 1. The number of aromatic nitrogens is 3. The second-order valence-electron chi connectivity index (χ2n) is 9.29. The van der Waals surface area contributed by atoms with Crippen molar-refractivity contribution in [2.45, 2.75) is 41.5 Å². The molecule has 2 aliphatic heterocycles. The summed E-state index contributed by atoms with van der Waals surface area (Å²) in [7, 11) is -3.77. The number of nitrogens with one attached hydrogen (secondary N) is 3. The number of anilines is 1. The normalized spacial score (nSPS) is 16.8. The highest BCUT2D eigenvalue weighted by atomic mass is 32.2. The number of thioether (sulfide) groups is 1. The number of aryl methyl sites for hydroxylation is 1. The van der Waals surface area contributed by atoms with E-state index < -0.39 is 9.84 Å². The van der Waals surface area contributed by atoms with Crippen LogP contribution in [-0.2, 0) is 9.84 Å². The Morgan fingerprint density at radius 2 is 1.53 bits per heavy atom. The van der Waals surface area contributed by atoms with E-state index in [0.717, 1.165) is 69.4 Å². The number of sulfone groups is 1. The number of piperazine rings is 2. The average Bonchev–Trinajstić information content (AvgIpc) is 3.29. The molecule has 196 valence electrons. The molecule has 2 fully saturated rings. The molecule has 36 heavy (non-hydrogen) atoms. The Bertz CT molecular complexity index is 1250. The van der Waals surface area contributed by atoms with Crippen LogP contribution in [0.4, 0.5) is 5.82 Å². The molecule has 0 spiro atoms. The standard InChI is InChI=1S/C21H27N5O2S2.C4H10N2/c1-14(2)16-5-7-17(8-6-16)30(27,28)19-20-23-15(3)13-18(25-11-9-22-10-12-25)26(20)24-21(19)29-4;1-2-6-4-3-5-1/h5-8,13-14,22H,9-12H2,1-4H3;5-6H,1-4H2. The van der Waals surface area contributed by atoms with Crippen molar-refractivity contribution >= 4 is 33.1 Å². The quantitative estimate of drug-likeness (QED) is 0.428. The first-order valence-electron chi connectivity index (χ1n) is 12.5. The maximum absolute atomic E-state index is 13.6. The smallest absolute Gasteiger partial charge is 0.213 e. The summed E-state index contributed by atoms with van der Waals surface area (Å²) >= 11 is 1.33. The molecule has 0 bridgehead atoms. The molecule has 0 aliphatic carbocycles. The lowest BCUT2D eigenvalue weighted by Crippen LogP contribution is -2.44. The van der Waals surface area contributed by atoms with Gasteiger partial charge in [0.05, 0.1) is 4.90 Å². The van der Waals surface area contributed by atoms with Gasteiger partial charge in [0.2, 0.25) is 9.84 Å². The fourth-order valence-corrected chi connectivity index (χ4v) is 6.71. The first kappa shape index (κ1) is 26.9. The second kappa shape index (κ2) is 11.9. The van der Waals surface area contributed by atoms with Crippen LogP contribution in [0.2, 0.25) is 0 Å². The van der Waals surface area contributed by atoms with E-state index in [1.807, 2.05) is 31.4 Å². The lowest BCUT2D eigenvalue weighted by Gasteiger charge is -2.29. The first-order valence-corrected chi connectivity index (χ1v) is 15.2. The molecule has 1 aromatic carbocycles. The van der Waals surface area contributed by atoms with Crippen LogP contribution in [0.25, 0.3) is 5.65 Å². The third kappa shape index (κ3) is 5.86. The molecule has 0 unspecified atom stereocenters.